The second kappa shape index (κ2) is 7.85. The van der Waals surface area contributed by atoms with Crippen molar-refractivity contribution >= 4 is 17.4 Å². The van der Waals surface area contributed by atoms with Gasteiger partial charge in [0.15, 0.2) is 6.61 Å². The summed E-state index contributed by atoms with van der Waals surface area (Å²) in [6, 6.07) is 5.00. The summed E-state index contributed by atoms with van der Waals surface area (Å²) in [6.07, 6.45) is -4.40. The number of nitro groups is 1. The van der Waals surface area contributed by atoms with Gasteiger partial charge in [-0.25, -0.2) is 0 Å². The number of halogens is 3. The van der Waals surface area contributed by atoms with E-state index in [2.05, 4.69) is 10.9 Å². The summed E-state index contributed by atoms with van der Waals surface area (Å²) in [6.45, 7) is -0.472. The second-order valence-corrected chi connectivity index (χ2v) is 5.35. The molecule has 0 saturated carbocycles. The predicted molar refractivity (Wildman–Crippen MR) is 81.8 cm³/mol. The lowest BCUT2D eigenvalue weighted by atomic mass is 10.1. The average Bonchev–Trinajstić information content (AvgIpc) is 3.05. The van der Waals surface area contributed by atoms with Crippen molar-refractivity contribution in [2.45, 2.75) is 25.4 Å². The number of nitro benzene ring substituents is 1. The number of ether oxygens (including phenoxy) is 1. The number of hydrogen-bond acceptors (Lipinski definition) is 6. The fourth-order valence-corrected chi connectivity index (χ4v) is 2.30. The van der Waals surface area contributed by atoms with Crippen LogP contribution in [0.15, 0.2) is 35.5 Å². The fourth-order valence-electron chi connectivity index (χ4n) is 2.30. The Balaban J connectivity index is 1.86. The summed E-state index contributed by atoms with van der Waals surface area (Å²) in [5.41, 5.74) is 3.99. The van der Waals surface area contributed by atoms with Gasteiger partial charge in [-0.1, -0.05) is 0 Å². The minimum atomic E-state index is -4.96. The Hall–Kier alpha value is -3.11. The zero-order valence-corrected chi connectivity index (χ0v) is 13.3. The number of hydrogen-bond donors (Lipinski definition) is 2. The smallest absolute Gasteiger partial charge is 0.454 e. The number of nitrogens with zero attached hydrogens (tertiary/aromatic N) is 1. The van der Waals surface area contributed by atoms with E-state index in [9.17, 15) is 32.9 Å². The van der Waals surface area contributed by atoms with Crippen LogP contribution in [0.4, 0.5) is 18.9 Å². The Morgan fingerprint density at radius 3 is 2.42 bits per heavy atom. The molecule has 0 saturated heterocycles. The summed E-state index contributed by atoms with van der Waals surface area (Å²) in [5, 5.41) is 10.5. The molecule has 0 radical (unpaired) electrons. The average molecular weight is 373 g/mol. The number of non-ortho nitro benzene ring substituents is 1. The van der Waals surface area contributed by atoms with E-state index in [1.165, 1.54) is 24.3 Å². The lowest BCUT2D eigenvalue weighted by Crippen LogP contribution is -2.40. The van der Waals surface area contributed by atoms with Crippen LogP contribution in [0.3, 0.4) is 0 Å². The Labute approximate surface area is 145 Å². The summed E-state index contributed by atoms with van der Waals surface area (Å²) in [7, 11) is 0. The minimum Gasteiger partial charge on any atom is -0.484 e. The molecule has 0 heterocycles. The molecular formula is C15H14F3N3O5. The van der Waals surface area contributed by atoms with Crippen molar-refractivity contribution in [2.75, 3.05) is 6.61 Å². The van der Waals surface area contributed by atoms with Crippen molar-refractivity contribution in [3.63, 3.8) is 0 Å². The van der Waals surface area contributed by atoms with Crippen LogP contribution in [-0.2, 0) is 9.59 Å². The maximum Gasteiger partial charge on any atom is 0.454 e. The molecule has 0 atom stereocenters. The van der Waals surface area contributed by atoms with Gasteiger partial charge in [-0.05, 0) is 31.4 Å². The van der Waals surface area contributed by atoms with Gasteiger partial charge in [0.25, 0.3) is 17.4 Å². The molecule has 0 bridgehead atoms. The molecule has 1 aliphatic rings. The van der Waals surface area contributed by atoms with Gasteiger partial charge in [0.2, 0.25) is 0 Å². The molecule has 0 aromatic heterocycles. The number of rotatable bonds is 7. The van der Waals surface area contributed by atoms with Gasteiger partial charge in [-0.2, -0.15) is 13.2 Å². The third-order valence-electron chi connectivity index (χ3n) is 3.52. The zero-order chi connectivity index (χ0) is 19.3. The van der Waals surface area contributed by atoms with Crippen molar-refractivity contribution < 1.29 is 32.4 Å². The summed E-state index contributed by atoms with van der Waals surface area (Å²) < 4.78 is 42.6. The maximum absolute atomic E-state index is 12.5. The van der Waals surface area contributed by atoms with Crippen LogP contribution in [0, 0.1) is 10.1 Å². The number of nitrogens with one attached hydrogen (secondary N) is 2. The van der Waals surface area contributed by atoms with Gasteiger partial charge < -0.3 is 10.2 Å². The number of carbonyl (C=O) groups excluding carboxylic acids is 2. The van der Waals surface area contributed by atoms with Crippen LogP contribution in [-0.4, -0.2) is 29.4 Å². The van der Waals surface area contributed by atoms with E-state index in [0.29, 0.717) is 6.42 Å². The molecule has 140 valence electrons. The first-order chi connectivity index (χ1) is 12.2. The summed E-state index contributed by atoms with van der Waals surface area (Å²) in [5.74, 6) is -2.41. The maximum atomic E-state index is 12.5. The van der Waals surface area contributed by atoms with Crippen molar-refractivity contribution in [1.82, 2.24) is 10.9 Å². The molecule has 11 heteroatoms. The molecule has 0 unspecified atom stereocenters. The van der Waals surface area contributed by atoms with E-state index in [0.717, 1.165) is 0 Å². The van der Waals surface area contributed by atoms with Crippen LogP contribution >= 0.6 is 0 Å². The largest absolute Gasteiger partial charge is 0.484 e. The fraction of sp³-hybridized carbons (Fsp3) is 0.333. The lowest BCUT2D eigenvalue weighted by molar-refractivity contribution is -0.384. The first-order valence-electron chi connectivity index (χ1n) is 7.44. The molecule has 1 aromatic carbocycles. The Bertz CT molecular complexity index is 744. The standard InChI is InChI=1S/C15H14F3N3O5/c16-15(17,18)14(23)11-2-1-3-12(11)19-20-13(22)8-26-10-6-4-9(5-7-10)21(24)25/h4-7,19H,1-3,8H2,(H,20,22). The third-order valence-corrected chi connectivity index (χ3v) is 3.52. The highest BCUT2D eigenvalue weighted by atomic mass is 19.4. The quantitative estimate of drug-likeness (QED) is 0.560. The number of carbonyl (C=O) groups is 2. The van der Waals surface area contributed by atoms with Crippen molar-refractivity contribution in [2.24, 2.45) is 0 Å². The van der Waals surface area contributed by atoms with Crippen molar-refractivity contribution in [1.29, 1.82) is 0 Å². The van der Waals surface area contributed by atoms with E-state index < -0.39 is 35.0 Å². The Kier molecular flexibility index (Phi) is 5.80. The predicted octanol–water partition coefficient (Wildman–Crippen LogP) is 2.16. The minimum absolute atomic E-state index is 0.0180. The lowest BCUT2D eigenvalue weighted by Gasteiger charge is -2.13. The SMILES string of the molecule is O=C(COc1ccc([N+](=O)[O-])cc1)NNC1=C(C(=O)C(F)(F)F)CCC1. The molecule has 26 heavy (non-hydrogen) atoms. The Morgan fingerprint density at radius 1 is 1.19 bits per heavy atom. The number of Topliss-reactive ketones (excluding diaryl/α,β-unsaturated/α-hetero) is 1. The van der Waals surface area contributed by atoms with Crippen LogP contribution in [0.5, 0.6) is 5.75 Å². The number of benzene rings is 1. The first-order valence-corrected chi connectivity index (χ1v) is 7.44. The van der Waals surface area contributed by atoms with E-state index in [-0.39, 0.29) is 30.0 Å². The highest BCUT2D eigenvalue weighted by Gasteiger charge is 2.42. The topological polar surface area (TPSA) is 111 Å². The normalized spacial score (nSPS) is 14.1. The van der Waals surface area contributed by atoms with Gasteiger partial charge in [-0.15, -0.1) is 0 Å². The van der Waals surface area contributed by atoms with Gasteiger partial charge in [0, 0.05) is 23.4 Å². The van der Waals surface area contributed by atoms with Crippen molar-refractivity contribution in [3.05, 3.63) is 45.6 Å². The van der Waals surface area contributed by atoms with Gasteiger partial charge in [0.05, 0.1) is 4.92 Å². The molecule has 2 rings (SSSR count). The zero-order valence-electron chi connectivity index (χ0n) is 13.3. The number of amides is 1. The summed E-state index contributed by atoms with van der Waals surface area (Å²) >= 11 is 0. The van der Waals surface area contributed by atoms with E-state index in [1.54, 1.807) is 0 Å². The molecule has 1 aromatic rings. The molecular weight excluding hydrogens is 359 g/mol. The molecule has 1 amide bonds. The molecule has 0 aliphatic heterocycles. The molecule has 0 fully saturated rings. The van der Waals surface area contributed by atoms with Gasteiger partial charge in [0.1, 0.15) is 5.75 Å². The van der Waals surface area contributed by atoms with Gasteiger partial charge in [-0.3, -0.25) is 25.1 Å². The van der Waals surface area contributed by atoms with Crippen LogP contribution in [0.2, 0.25) is 0 Å². The molecule has 8 nitrogen and oxygen atoms in total. The second-order valence-electron chi connectivity index (χ2n) is 5.35. The van der Waals surface area contributed by atoms with Gasteiger partial charge >= 0.3 is 6.18 Å². The monoisotopic (exact) mass is 373 g/mol. The summed E-state index contributed by atoms with van der Waals surface area (Å²) in [4.78, 5) is 32.9. The van der Waals surface area contributed by atoms with E-state index in [1.807, 2.05) is 0 Å². The van der Waals surface area contributed by atoms with E-state index >= 15 is 0 Å². The van der Waals surface area contributed by atoms with Crippen LogP contribution < -0.4 is 15.6 Å². The molecule has 0 spiro atoms. The third kappa shape index (κ3) is 4.94. The first kappa shape index (κ1) is 19.2. The van der Waals surface area contributed by atoms with E-state index in [4.69, 9.17) is 4.74 Å². The van der Waals surface area contributed by atoms with Crippen molar-refractivity contribution in [3.8, 4) is 5.75 Å². The van der Waals surface area contributed by atoms with Crippen LogP contribution in [0.1, 0.15) is 19.3 Å². The Morgan fingerprint density at radius 2 is 1.85 bits per heavy atom. The van der Waals surface area contributed by atoms with Crippen LogP contribution in [0.25, 0.3) is 0 Å². The number of alkyl halides is 3. The highest BCUT2D eigenvalue weighted by molar-refractivity contribution is 6.00. The molecule has 2 N–H and O–H groups in total. The number of allylic oxidation sites excluding steroid dienone is 2. The molecule has 1 aliphatic carbocycles. The number of hydrazine groups is 1. The number of ketones is 1. The highest BCUT2D eigenvalue weighted by Crippen LogP contribution is 2.30.